The Morgan fingerprint density at radius 3 is 2.82 bits per heavy atom. The Kier molecular flexibility index (Phi) is 1.96. The number of hydrogen-bond acceptors (Lipinski definition) is 3. The third-order valence-electron chi connectivity index (χ3n) is 1.25. The summed E-state index contributed by atoms with van der Waals surface area (Å²) >= 11 is 0. The lowest BCUT2D eigenvalue weighted by molar-refractivity contribution is -0.105. The van der Waals surface area contributed by atoms with Crippen LogP contribution in [0.25, 0.3) is 0 Å². The van der Waals surface area contributed by atoms with Crippen LogP contribution in [0, 0.1) is 0 Å². The maximum absolute atomic E-state index is 9.98. The number of nitrogens with two attached hydrogens (primary N) is 1. The molecule has 58 valence electrons. The SMILES string of the molecule is Nc1cc(O)ccc1NC=O. The average molecular weight is 152 g/mol. The number of nitrogen functional groups attached to an aromatic ring is 1. The van der Waals surface area contributed by atoms with Crippen molar-refractivity contribution in [2.75, 3.05) is 11.1 Å². The molecule has 0 fully saturated rings. The number of benzene rings is 1. The van der Waals surface area contributed by atoms with Crippen molar-refractivity contribution in [3.05, 3.63) is 18.2 Å². The van der Waals surface area contributed by atoms with Gasteiger partial charge >= 0.3 is 0 Å². The maximum atomic E-state index is 9.98. The van der Waals surface area contributed by atoms with Gasteiger partial charge in [0.1, 0.15) is 5.75 Å². The minimum atomic E-state index is 0.0824. The molecule has 0 aliphatic heterocycles. The zero-order valence-corrected chi connectivity index (χ0v) is 5.74. The van der Waals surface area contributed by atoms with Crippen molar-refractivity contribution in [1.82, 2.24) is 0 Å². The molecule has 11 heavy (non-hydrogen) atoms. The minimum absolute atomic E-state index is 0.0824. The van der Waals surface area contributed by atoms with Gasteiger partial charge in [-0.3, -0.25) is 4.79 Å². The molecule has 1 aromatic rings. The number of anilines is 2. The molecular formula is C7H8N2O2. The first-order chi connectivity index (χ1) is 5.24. The molecule has 1 amide bonds. The zero-order chi connectivity index (χ0) is 8.27. The lowest BCUT2D eigenvalue weighted by Crippen LogP contribution is -1.97. The number of aromatic hydroxyl groups is 1. The van der Waals surface area contributed by atoms with Crippen molar-refractivity contribution in [1.29, 1.82) is 0 Å². The summed E-state index contributed by atoms with van der Waals surface area (Å²) in [4.78, 5) is 9.98. The van der Waals surface area contributed by atoms with E-state index in [0.717, 1.165) is 0 Å². The molecule has 1 rings (SSSR count). The fraction of sp³-hybridized carbons (Fsp3) is 0. The normalized spacial score (nSPS) is 9.09. The number of amides is 1. The molecule has 0 heterocycles. The van der Waals surface area contributed by atoms with Gasteiger partial charge in [-0.25, -0.2) is 0 Å². The van der Waals surface area contributed by atoms with Gasteiger partial charge in [-0.05, 0) is 12.1 Å². The van der Waals surface area contributed by atoms with Crippen LogP contribution < -0.4 is 11.1 Å². The molecule has 0 saturated heterocycles. The first-order valence-electron chi connectivity index (χ1n) is 3.02. The highest BCUT2D eigenvalue weighted by atomic mass is 16.3. The van der Waals surface area contributed by atoms with Crippen LogP contribution >= 0.6 is 0 Å². The number of hydrogen-bond donors (Lipinski definition) is 3. The highest BCUT2D eigenvalue weighted by Crippen LogP contribution is 2.22. The molecule has 0 unspecified atom stereocenters. The molecule has 0 aliphatic rings. The van der Waals surface area contributed by atoms with Gasteiger partial charge in [-0.15, -0.1) is 0 Å². The van der Waals surface area contributed by atoms with Crippen molar-refractivity contribution in [3.8, 4) is 5.75 Å². The van der Waals surface area contributed by atoms with E-state index in [9.17, 15) is 4.79 Å². The number of carbonyl (C=O) groups excluding carboxylic acids is 1. The smallest absolute Gasteiger partial charge is 0.211 e. The first-order valence-corrected chi connectivity index (χ1v) is 3.02. The van der Waals surface area contributed by atoms with Crippen LogP contribution in [-0.2, 0) is 4.79 Å². The first kappa shape index (κ1) is 7.40. The van der Waals surface area contributed by atoms with E-state index in [0.29, 0.717) is 17.8 Å². The summed E-state index contributed by atoms with van der Waals surface area (Å²) in [5.74, 6) is 0.0824. The molecule has 0 spiro atoms. The van der Waals surface area contributed by atoms with E-state index in [1.807, 2.05) is 0 Å². The zero-order valence-electron chi connectivity index (χ0n) is 5.74. The monoisotopic (exact) mass is 152 g/mol. The lowest BCUT2D eigenvalue weighted by atomic mass is 10.2. The van der Waals surface area contributed by atoms with Gasteiger partial charge in [-0.2, -0.15) is 0 Å². The van der Waals surface area contributed by atoms with Crippen molar-refractivity contribution >= 4 is 17.8 Å². The molecule has 0 aliphatic carbocycles. The molecule has 4 N–H and O–H groups in total. The van der Waals surface area contributed by atoms with E-state index in [1.54, 1.807) is 0 Å². The average Bonchev–Trinajstić information content (AvgIpc) is 1.95. The van der Waals surface area contributed by atoms with Gasteiger partial charge in [0, 0.05) is 6.07 Å². The molecule has 0 radical (unpaired) electrons. The number of phenols is 1. The van der Waals surface area contributed by atoms with Crippen LogP contribution in [0.5, 0.6) is 5.75 Å². The van der Waals surface area contributed by atoms with Gasteiger partial charge in [-0.1, -0.05) is 0 Å². The fourth-order valence-electron chi connectivity index (χ4n) is 0.745. The summed E-state index contributed by atoms with van der Waals surface area (Å²) in [7, 11) is 0. The molecular weight excluding hydrogens is 144 g/mol. The van der Waals surface area contributed by atoms with E-state index in [-0.39, 0.29) is 5.75 Å². The van der Waals surface area contributed by atoms with Gasteiger partial charge in [0.15, 0.2) is 0 Å². The summed E-state index contributed by atoms with van der Waals surface area (Å²) in [5.41, 5.74) is 6.27. The Hall–Kier alpha value is -1.71. The molecule has 4 nitrogen and oxygen atoms in total. The maximum Gasteiger partial charge on any atom is 0.211 e. The van der Waals surface area contributed by atoms with Crippen LogP contribution in [0.3, 0.4) is 0 Å². The van der Waals surface area contributed by atoms with Crippen molar-refractivity contribution in [2.24, 2.45) is 0 Å². The second-order valence-electron chi connectivity index (χ2n) is 2.03. The molecule has 1 aromatic carbocycles. The van der Waals surface area contributed by atoms with Crippen LogP contribution in [0.15, 0.2) is 18.2 Å². The van der Waals surface area contributed by atoms with Crippen LogP contribution in [-0.4, -0.2) is 11.5 Å². The summed E-state index contributed by atoms with van der Waals surface area (Å²) in [6, 6.07) is 4.34. The van der Waals surface area contributed by atoms with E-state index in [1.165, 1.54) is 18.2 Å². The van der Waals surface area contributed by atoms with Gasteiger partial charge in [0.2, 0.25) is 6.41 Å². The molecule has 0 atom stereocenters. The summed E-state index contributed by atoms with van der Waals surface area (Å²) < 4.78 is 0. The number of rotatable bonds is 2. The number of phenolic OH excluding ortho intramolecular Hbond substituents is 1. The predicted molar refractivity (Wildman–Crippen MR) is 42.2 cm³/mol. The largest absolute Gasteiger partial charge is 0.508 e. The molecule has 0 bridgehead atoms. The van der Waals surface area contributed by atoms with Crippen LogP contribution in [0.1, 0.15) is 0 Å². The van der Waals surface area contributed by atoms with Crippen LogP contribution in [0.2, 0.25) is 0 Å². The Bertz CT molecular complexity index is 273. The summed E-state index contributed by atoms with van der Waals surface area (Å²) in [6.07, 6.45) is 0.530. The van der Waals surface area contributed by atoms with Crippen molar-refractivity contribution in [3.63, 3.8) is 0 Å². The number of nitrogens with one attached hydrogen (secondary N) is 1. The second kappa shape index (κ2) is 2.92. The Balaban J connectivity index is 2.98. The summed E-state index contributed by atoms with van der Waals surface area (Å²) in [6.45, 7) is 0. The van der Waals surface area contributed by atoms with Gasteiger partial charge < -0.3 is 16.2 Å². The minimum Gasteiger partial charge on any atom is -0.508 e. The quantitative estimate of drug-likeness (QED) is 0.329. The van der Waals surface area contributed by atoms with Crippen molar-refractivity contribution < 1.29 is 9.90 Å². The molecule has 0 aromatic heterocycles. The third-order valence-corrected chi connectivity index (χ3v) is 1.25. The molecule has 0 saturated carbocycles. The van der Waals surface area contributed by atoms with E-state index in [2.05, 4.69) is 5.32 Å². The van der Waals surface area contributed by atoms with Crippen molar-refractivity contribution in [2.45, 2.75) is 0 Å². The lowest BCUT2D eigenvalue weighted by Gasteiger charge is -2.02. The third kappa shape index (κ3) is 1.61. The van der Waals surface area contributed by atoms with Gasteiger partial charge in [0.25, 0.3) is 0 Å². The van der Waals surface area contributed by atoms with E-state index >= 15 is 0 Å². The predicted octanol–water partition coefficient (Wildman–Crippen LogP) is 0.543. The topological polar surface area (TPSA) is 75.3 Å². The fourth-order valence-corrected chi connectivity index (χ4v) is 0.745. The Labute approximate surface area is 63.6 Å². The van der Waals surface area contributed by atoms with E-state index in [4.69, 9.17) is 10.8 Å². The van der Waals surface area contributed by atoms with E-state index < -0.39 is 0 Å². The number of carbonyl (C=O) groups is 1. The van der Waals surface area contributed by atoms with Crippen LogP contribution in [0.4, 0.5) is 11.4 Å². The second-order valence-corrected chi connectivity index (χ2v) is 2.03. The summed E-state index contributed by atoms with van der Waals surface area (Å²) in [5, 5.41) is 11.3. The molecule has 4 heteroatoms. The standard InChI is InChI=1S/C7H8N2O2/c8-6-3-5(11)1-2-7(6)9-4-10/h1-4,11H,8H2,(H,9,10). The Morgan fingerprint density at radius 2 is 2.27 bits per heavy atom. The Morgan fingerprint density at radius 1 is 1.55 bits per heavy atom. The highest BCUT2D eigenvalue weighted by Gasteiger charge is 1.96. The highest BCUT2D eigenvalue weighted by molar-refractivity contribution is 5.80. The van der Waals surface area contributed by atoms with Gasteiger partial charge in [0.05, 0.1) is 11.4 Å².